The molecule has 0 aliphatic heterocycles. The summed E-state index contributed by atoms with van der Waals surface area (Å²) in [5.74, 6) is 2.67. The molecule has 2 N–H and O–H groups in total. The fourth-order valence-electron chi connectivity index (χ4n) is 2.52. The van der Waals surface area contributed by atoms with Gasteiger partial charge in [0.2, 0.25) is 0 Å². The van der Waals surface area contributed by atoms with Crippen molar-refractivity contribution in [2.45, 2.75) is 37.6 Å². The first kappa shape index (κ1) is 10.1. The Bertz CT molecular complexity index is 579. The molecule has 0 radical (unpaired) electrons. The maximum Gasteiger partial charge on any atom is 0.132 e. The summed E-state index contributed by atoms with van der Waals surface area (Å²) < 4.78 is 2.28. The average molecular weight is 240 g/mol. The molecule has 0 aromatic carbocycles. The quantitative estimate of drug-likeness (QED) is 0.897. The number of aromatic nitrogens is 3. The van der Waals surface area contributed by atoms with E-state index in [4.69, 9.17) is 10.7 Å². The molecule has 2 aliphatic rings. The van der Waals surface area contributed by atoms with E-state index in [-0.39, 0.29) is 0 Å². The molecule has 92 valence electrons. The second kappa shape index (κ2) is 3.57. The fraction of sp³-hybridized carbons (Fsp3) is 0.429. The maximum atomic E-state index is 6.32. The van der Waals surface area contributed by atoms with Crippen molar-refractivity contribution in [3.8, 4) is 11.3 Å². The minimum Gasteiger partial charge on any atom is -0.383 e. The van der Waals surface area contributed by atoms with Crippen LogP contribution in [0.2, 0.25) is 0 Å². The Balaban J connectivity index is 1.86. The Morgan fingerprint density at radius 2 is 2.06 bits per heavy atom. The molecule has 0 unspecified atom stereocenters. The zero-order chi connectivity index (χ0) is 12.1. The second-order valence-corrected chi connectivity index (χ2v) is 5.32. The van der Waals surface area contributed by atoms with Crippen molar-refractivity contribution in [2.75, 3.05) is 5.73 Å². The molecule has 0 saturated heterocycles. The van der Waals surface area contributed by atoms with Crippen molar-refractivity contribution >= 4 is 5.82 Å². The molecule has 4 rings (SSSR count). The van der Waals surface area contributed by atoms with E-state index in [1.807, 2.05) is 18.3 Å². The number of pyridine rings is 1. The Labute approximate surface area is 106 Å². The van der Waals surface area contributed by atoms with E-state index in [1.54, 1.807) is 6.20 Å². The van der Waals surface area contributed by atoms with Gasteiger partial charge in [-0.15, -0.1) is 0 Å². The summed E-state index contributed by atoms with van der Waals surface area (Å²) in [6, 6.07) is 4.56. The van der Waals surface area contributed by atoms with Crippen LogP contribution in [0.15, 0.2) is 24.5 Å². The number of imidazole rings is 1. The molecule has 0 amide bonds. The van der Waals surface area contributed by atoms with Gasteiger partial charge in [-0.1, -0.05) is 0 Å². The third kappa shape index (κ3) is 1.52. The summed E-state index contributed by atoms with van der Waals surface area (Å²) in [4.78, 5) is 8.96. The predicted octanol–water partition coefficient (Wildman–Crippen LogP) is 2.74. The van der Waals surface area contributed by atoms with Gasteiger partial charge >= 0.3 is 0 Å². The molecule has 2 aliphatic carbocycles. The summed E-state index contributed by atoms with van der Waals surface area (Å²) in [7, 11) is 0. The fourth-order valence-corrected chi connectivity index (χ4v) is 2.52. The van der Waals surface area contributed by atoms with Crippen LogP contribution in [0.25, 0.3) is 11.3 Å². The van der Waals surface area contributed by atoms with E-state index in [9.17, 15) is 0 Å². The highest BCUT2D eigenvalue weighted by Gasteiger charge is 2.36. The molecule has 4 heteroatoms. The first-order valence-electron chi connectivity index (χ1n) is 6.62. The lowest BCUT2D eigenvalue weighted by atomic mass is 10.2. The third-order valence-electron chi connectivity index (χ3n) is 3.76. The first-order chi connectivity index (χ1) is 8.84. The SMILES string of the molecule is Nc1c(-c2cccnc2)nc(C2CC2)n1C1CC1. The first-order valence-corrected chi connectivity index (χ1v) is 6.62. The Kier molecular flexibility index (Phi) is 2.01. The van der Waals surface area contributed by atoms with E-state index in [2.05, 4.69) is 9.55 Å². The van der Waals surface area contributed by atoms with Gasteiger partial charge in [-0.3, -0.25) is 4.98 Å². The molecule has 4 nitrogen and oxygen atoms in total. The lowest BCUT2D eigenvalue weighted by Crippen LogP contribution is -2.04. The van der Waals surface area contributed by atoms with Crippen LogP contribution in [0, 0.1) is 0 Å². The van der Waals surface area contributed by atoms with E-state index in [0.717, 1.165) is 17.1 Å². The summed E-state index contributed by atoms with van der Waals surface area (Å²) in [5.41, 5.74) is 8.25. The molecule has 0 spiro atoms. The molecule has 0 bridgehead atoms. The molecular formula is C14H16N4. The maximum absolute atomic E-state index is 6.32. The number of hydrogen-bond donors (Lipinski definition) is 1. The van der Waals surface area contributed by atoms with Gasteiger partial charge in [-0.05, 0) is 37.8 Å². The zero-order valence-electron chi connectivity index (χ0n) is 10.2. The van der Waals surface area contributed by atoms with Crippen LogP contribution in [0.4, 0.5) is 5.82 Å². The van der Waals surface area contributed by atoms with Crippen molar-refractivity contribution < 1.29 is 0 Å². The highest BCUT2D eigenvalue weighted by Crippen LogP contribution is 2.47. The van der Waals surface area contributed by atoms with Gasteiger partial charge in [0.25, 0.3) is 0 Å². The molecule has 0 atom stereocenters. The van der Waals surface area contributed by atoms with Gasteiger partial charge in [0.15, 0.2) is 0 Å². The highest BCUT2D eigenvalue weighted by atomic mass is 15.2. The summed E-state index contributed by atoms with van der Waals surface area (Å²) >= 11 is 0. The van der Waals surface area contributed by atoms with Crippen molar-refractivity contribution in [1.82, 2.24) is 14.5 Å². The van der Waals surface area contributed by atoms with Crippen molar-refractivity contribution in [3.63, 3.8) is 0 Å². The summed E-state index contributed by atoms with van der Waals surface area (Å²) in [5, 5.41) is 0. The average Bonchev–Trinajstić information content (AvgIpc) is 3.29. The van der Waals surface area contributed by atoms with Crippen LogP contribution in [-0.2, 0) is 0 Å². The van der Waals surface area contributed by atoms with Gasteiger partial charge in [-0.2, -0.15) is 0 Å². The van der Waals surface area contributed by atoms with Crippen molar-refractivity contribution in [3.05, 3.63) is 30.4 Å². The smallest absolute Gasteiger partial charge is 0.132 e. The van der Waals surface area contributed by atoms with E-state index in [0.29, 0.717) is 12.0 Å². The van der Waals surface area contributed by atoms with Crippen LogP contribution in [0.5, 0.6) is 0 Å². The Morgan fingerprint density at radius 1 is 1.22 bits per heavy atom. The normalized spacial score (nSPS) is 19.1. The number of hydrogen-bond acceptors (Lipinski definition) is 3. The zero-order valence-corrected chi connectivity index (χ0v) is 10.2. The van der Waals surface area contributed by atoms with Gasteiger partial charge in [0.05, 0.1) is 0 Å². The minimum absolute atomic E-state index is 0.596. The Hall–Kier alpha value is -1.84. The second-order valence-electron chi connectivity index (χ2n) is 5.32. The third-order valence-corrected chi connectivity index (χ3v) is 3.76. The molecule has 18 heavy (non-hydrogen) atoms. The van der Waals surface area contributed by atoms with Crippen LogP contribution in [0.3, 0.4) is 0 Å². The van der Waals surface area contributed by atoms with Crippen LogP contribution >= 0.6 is 0 Å². The Morgan fingerprint density at radius 3 is 2.67 bits per heavy atom. The molecule has 2 heterocycles. The summed E-state index contributed by atoms with van der Waals surface area (Å²) in [6.07, 6.45) is 8.62. The van der Waals surface area contributed by atoms with Gasteiger partial charge < -0.3 is 10.3 Å². The monoisotopic (exact) mass is 240 g/mol. The van der Waals surface area contributed by atoms with E-state index >= 15 is 0 Å². The predicted molar refractivity (Wildman–Crippen MR) is 70.1 cm³/mol. The number of nitrogens with two attached hydrogens (primary N) is 1. The van der Waals surface area contributed by atoms with E-state index in [1.165, 1.54) is 31.5 Å². The lowest BCUT2D eigenvalue weighted by molar-refractivity contribution is 0.691. The van der Waals surface area contributed by atoms with Crippen molar-refractivity contribution in [2.24, 2.45) is 0 Å². The van der Waals surface area contributed by atoms with Gasteiger partial charge in [0, 0.05) is 29.9 Å². The van der Waals surface area contributed by atoms with Crippen LogP contribution in [0.1, 0.15) is 43.5 Å². The molecule has 2 aromatic rings. The van der Waals surface area contributed by atoms with Crippen LogP contribution in [-0.4, -0.2) is 14.5 Å². The molecule has 2 fully saturated rings. The number of rotatable bonds is 3. The van der Waals surface area contributed by atoms with Gasteiger partial charge in [0.1, 0.15) is 17.3 Å². The van der Waals surface area contributed by atoms with Crippen molar-refractivity contribution in [1.29, 1.82) is 0 Å². The standard InChI is InChI=1S/C14H16N4/c15-13-12(10-2-1-7-16-8-10)17-14(9-3-4-9)18(13)11-5-6-11/h1-2,7-9,11H,3-6,15H2. The molecule has 2 aromatic heterocycles. The minimum atomic E-state index is 0.596. The number of nitrogen functional groups attached to an aromatic ring is 1. The molecular weight excluding hydrogens is 224 g/mol. The van der Waals surface area contributed by atoms with Gasteiger partial charge in [-0.25, -0.2) is 4.98 Å². The molecule has 2 saturated carbocycles. The largest absolute Gasteiger partial charge is 0.383 e. The summed E-state index contributed by atoms with van der Waals surface area (Å²) in [6.45, 7) is 0. The highest BCUT2D eigenvalue weighted by molar-refractivity contribution is 5.70. The lowest BCUT2D eigenvalue weighted by Gasteiger charge is -2.06. The topological polar surface area (TPSA) is 56.7 Å². The van der Waals surface area contributed by atoms with Crippen LogP contribution < -0.4 is 5.73 Å². The number of anilines is 1. The van der Waals surface area contributed by atoms with E-state index < -0.39 is 0 Å². The number of nitrogens with zero attached hydrogens (tertiary/aromatic N) is 3.